The molecule has 92 valence electrons. The van der Waals surface area contributed by atoms with E-state index in [-0.39, 0.29) is 12.4 Å². The maximum absolute atomic E-state index is 11.2. The molecule has 0 rings (SSSR count). The van der Waals surface area contributed by atoms with Crippen LogP contribution >= 0.6 is 0 Å². The number of carbonyl (C=O) groups is 2. The largest absolute Gasteiger partial charge is 0.392 e. The lowest BCUT2D eigenvalue weighted by molar-refractivity contribution is -0.160. The molecular weight excluding hydrogens is 212 g/mol. The van der Waals surface area contributed by atoms with Crippen LogP contribution in [0.25, 0.3) is 0 Å². The molecule has 0 spiro atoms. The first-order chi connectivity index (χ1) is 7.47. The van der Waals surface area contributed by atoms with Crippen molar-refractivity contribution in [1.29, 1.82) is 5.41 Å². The van der Waals surface area contributed by atoms with E-state index >= 15 is 0 Å². The second-order valence-corrected chi connectivity index (χ2v) is 3.24. The molecule has 0 aromatic rings. The summed E-state index contributed by atoms with van der Waals surface area (Å²) in [6, 6.07) is -0.816. The highest BCUT2D eigenvalue weighted by Crippen LogP contribution is 1.97. The summed E-state index contributed by atoms with van der Waals surface area (Å²) in [6.45, 7) is 2.05. The molecule has 0 saturated heterocycles. The predicted octanol–water partition coefficient (Wildman–Crippen LogP) is -0.943. The lowest BCUT2D eigenvalue weighted by Crippen LogP contribution is -2.36. The third kappa shape index (κ3) is 6.77. The molecule has 0 fully saturated rings. The van der Waals surface area contributed by atoms with Gasteiger partial charge < -0.3 is 21.5 Å². The van der Waals surface area contributed by atoms with Crippen molar-refractivity contribution in [3.63, 3.8) is 0 Å². The highest BCUT2D eigenvalue weighted by molar-refractivity contribution is 5.88. The average Bonchev–Trinajstić information content (AvgIpc) is 2.23. The molecule has 0 aliphatic heterocycles. The first-order valence-electron chi connectivity index (χ1n) is 5.05. The Morgan fingerprint density at radius 1 is 1.50 bits per heavy atom. The average molecular weight is 230 g/mol. The summed E-state index contributed by atoms with van der Waals surface area (Å²) in [5.41, 5.74) is 10.6. The van der Waals surface area contributed by atoms with Crippen molar-refractivity contribution in [2.45, 2.75) is 32.2 Å². The molecule has 0 heterocycles. The molecule has 1 atom stereocenters. The highest BCUT2D eigenvalue weighted by Gasteiger charge is 2.17. The fraction of sp³-hybridized carbons (Fsp3) is 0.667. The first kappa shape index (κ1) is 14.4. The molecule has 7 nitrogen and oxygen atoms in total. The zero-order valence-corrected chi connectivity index (χ0v) is 9.29. The Hall–Kier alpha value is -1.63. The van der Waals surface area contributed by atoms with Crippen molar-refractivity contribution in [3.8, 4) is 0 Å². The molecule has 0 aromatic heterocycles. The van der Waals surface area contributed by atoms with Crippen LogP contribution in [0.2, 0.25) is 0 Å². The number of nitrogens with one attached hydrogen (secondary N) is 2. The van der Waals surface area contributed by atoms with Gasteiger partial charge in [-0.15, -0.1) is 0 Å². The fourth-order valence-electron chi connectivity index (χ4n) is 0.923. The summed E-state index contributed by atoms with van der Waals surface area (Å²) in [5, 5.41) is 9.46. The van der Waals surface area contributed by atoms with Crippen LogP contribution in [0.15, 0.2) is 0 Å². The van der Waals surface area contributed by atoms with E-state index in [1.54, 1.807) is 6.92 Å². The molecule has 0 unspecified atom stereocenters. The minimum absolute atomic E-state index is 0.127. The summed E-state index contributed by atoms with van der Waals surface area (Å²) < 4.78 is 4.45. The van der Waals surface area contributed by atoms with E-state index < -0.39 is 18.0 Å². The summed E-state index contributed by atoms with van der Waals surface area (Å²) in [4.78, 5) is 22.0. The van der Waals surface area contributed by atoms with E-state index in [0.29, 0.717) is 19.4 Å². The number of carbonyl (C=O) groups excluding carboxylic acids is 2. The molecule has 16 heavy (non-hydrogen) atoms. The number of guanidine groups is 1. The molecule has 0 aliphatic rings. The normalized spacial score (nSPS) is 11.6. The summed E-state index contributed by atoms with van der Waals surface area (Å²) >= 11 is 0. The van der Waals surface area contributed by atoms with Crippen LogP contribution in [-0.2, 0) is 14.3 Å². The Bertz CT molecular complexity index is 267. The fourth-order valence-corrected chi connectivity index (χ4v) is 0.923. The van der Waals surface area contributed by atoms with E-state index in [1.807, 2.05) is 0 Å². The number of esters is 2. The minimum Gasteiger partial charge on any atom is -0.392 e. The van der Waals surface area contributed by atoms with Gasteiger partial charge in [0, 0.05) is 13.0 Å². The quantitative estimate of drug-likeness (QED) is 0.153. The van der Waals surface area contributed by atoms with Crippen LogP contribution in [0, 0.1) is 5.41 Å². The molecular formula is C9H18N4O3. The number of hydrogen-bond donors (Lipinski definition) is 4. The van der Waals surface area contributed by atoms with Crippen LogP contribution in [0.5, 0.6) is 0 Å². The van der Waals surface area contributed by atoms with Crippen molar-refractivity contribution in [1.82, 2.24) is 5.32 Å². The molecule has 0 aromatic carbocycles. The van der Waals surface area contributed by atoms with Crippen LogP contribution in [0.3, 0.4) is 0 Å². The maximum Gasteiger partial charge on any atom is 0.330 e. The van der Waals surface area contributed by atoms with Crippen LogP contribution in [0.4, 0.5) is 0 Å². The van der Waals surface area contributed by atoms with Crippen molar-refractivity contribution in [2.75, 3.05) is 6.54 Å². The van der Waals surface area contributed by atoms with E-state index in [0.717, 1.165) is 0 Å². The molecule has 7 heteroatoms. The molecule has 0 saturated carbocycles. The molecule has 6 N–H and O–H groups in total. The zero-order valence-electron chi connectivity index (χ0n) is 9.29. The summed E-state index contributed by atoms with van der Waals surface area (Å²) in [5.74, 6) is -1.42. The van der Waals surface area contributed by atoms with E-state index in [2.05, 4.69) is 10.1 Å². The van der Waals surface area contributed by atoms with Gasteiger partial charge in [-0.3, -0.25) is 10.2 Å². The second-order valence-electron chi connectivity index (χ2n) is 3.24. The van der Waals surface area contributed by atoms with E-state index in [4.69, 9.17) is 16.9 Å². The van der Waals surface area contributed by atoms with Gasteiger partial charge in [0.25, 0.3) is 0 Å². The second kappa shape index (κ2) is 7.63. The number of ether oxygens (including phenoxy) is 1. The van der Waals surface area contributed by atoms with Gasteiger partial charge in [-0.2, -0.15) is 0 Å². The van der Waals surface area contributed by atoms with Gasteiger partial charge in [-0.25, -0.2) is 4.79 Å². The number of nitrogens with two attached hydrogens (primary N) is 2. The molecule has 0 radical (unpaired) electrons. The van der Waals surface area contributed by atoms with Crippen LogP contribution in [0.1, 0.15) is 26.2 Å². The van der Waals surface area contributed by atoms with Crippen LogP contribution in [-0.4, -0.2) is 30.5 Å². The third-order valence-corrected chi connectivity index (χ3v) is 1.81. The Kier molecular flexibility index (Phi) is 6.86. The number of rotatable bonds is 6. The van der Waals surface area contributed by atoms with E-state index in [9.17, 15) is 9.59 Å². The van der Waals surface area contributed by atoms with Gasteiger partial charge in [0.15, 0.2) is 5.96 Å². The van der Waals surface area contributed by atoms with Crippen molar-refractivity contribution >= 4 is 17.9 Å². The van der Waals surface area contributed by atoms with Crippen molar-refractivity contribution in [3.05, 3.63) is 0 Å². The SMILES string of the molecule is CCC(=O)OC(=O)[C@@H](N)CCCNC(=N)N. The monoisotopic (exact) mass is 230 g/mol. The lowest BCUT2D eigenvalue weighted by Gasteiger charge is -2.10. The zero-order chi connectivity index (χ0) is 12.6. The maximum atomic E-state index is 11.2. The van der Waals surface area contributed by atoms with Gasteiger partial charge >= 0.3 is 11.9 Å². The van der Waals surface area contributed by atoms with Gasteiger partial charge in [-0.05, 0) is 12.8 Å². The Morgan fingerprint density at radius 2 is 2.12 bits per heavy atom. The topological polar surface area (TPSA) is 131 Å². The molecule has 0 aliphatic carbocycles. The molecule has 0 bridgehead atoms. The van der Waals surface area contributed by atoms with Gasteiger partial charge in [0.05, 0.1) is 0 Å². The third-order valence-electron chi connectivity index (χ3n) is 1.81. The van der Waals surface area contributed by atoms with Gasteiger partial charge in [-0.1, -0.05) is 6.92 Å². The van der Waals surface area contributed by atoms with Gasteiger partial charge in [0.1, 0.15) is 6.04 Å². The predicted molar refractivity (Wildman–Crippen MR) is 58.5 cm³/mol. The minimum atomic E-state index is -0.816. The summed E-state index contributed by atoms with van der Waals surface area (Å²) in [6.07, 6.45) is 1.08. The Balaban J connectivity index is 3.71. The van der Waals surface area contributed by atoms with Crippen LogP contribution < -0.4 is 16.8 Å². The number of hydrogen-bond acceptors (Lipinski definition) is 5. The molecule has 0 amide bonds. The first-order valence-corrected chi connectivity index (χ1v) is 5.05. The lowest BCUT2D eigenvalue weighted by atomic mass is 10.2. The Labute approximate surface area is 94.0 Å². The standard InChI is InChI=1S/C9H18N4O3/c1-2-7(14)16-8(15)6(10)4-3-5-13-9(11)12/h6H,2-5,10H2,1H3,(H4,11,12,13)/t6-/m0/s1. The Morgan fingerprint density at radius 3 is 2.62 bits per heavy atom. The van der Waals surface area contributed by atoms with Crippen molar-refractivity contribution in [2.24, 2.45) is 11.5 Å². The highest BCUT2D eigenvalue weighted by atomic mass is 16.6. The van der Waals surface area contributed by atoms with Gasteiger partial charge in [0.2, 0.25) is 0 Å². The smallest absolute Gasteiger partial charge is 0.330 e. The van der Waals surface area contributed by atoms with Crippen molar-refractivity contribution < 1.29 is 14.3 Å². The summed E-state index contributed by atoms with van der Waals surface area (Å²) in [7, 11) is 0. The van der Waals surface area contributed by atoms with E-state index in [1.165, 1.54) is 0 Å².